The van der Waals surface area contributed by atoms with Crippen LogP contribution in [0.5, 0.6) is 5.75 Å². The van der Waals surface area contributed by atoms with Gasteiger partial charge in [-0.1, -0.05) is 48.5 Å². The van der Waals surface area contributed by atoms with E-state index >= 15 is 0 Å². The van der Waals surface area contributed by atoms with Crippen molar-refractivity contribution < 1.29 is 34.1 Å². The summed E-state index contributed by atoms with van der Waals surface area (Å²) in [5, 5.41) is 23.5. The van der Waals surface area contributed by atoms with Crippen LogP contribution in [-0.2, 0) is 27.4 Å². The summed E-state index contributed by atoms with van der Waals surface area (Å²) in [7, 11) is 1.46. The smallest absolute Gasteiger partial charge is 0.408 e. The van der Waals surface area contributed by atoms with E-state index in [0.717, 1.165) is 5.56 Å². The third kappa shape index (κ3) is 6.78. The first-order valence-electron chi connectivity index (χ1n) is 9.17. The second kappa shape index (κ2) is 11.4. The fourth-order valence-electron chi connectivity index (χ4n) is 2.67. The molecule has 4 N–H and O–H groups in total. The van der Waals surface area contributed by atoms with Crippen molar-refractivity contribution in [2.45, 2.75) is 25.1 Å². The number of carboxylic acid groups (broad SMARTS) is 1. The number of hydrogen-bond donors (Lipinski definition) is 4. The number of ether oxygens (including phenoxy) is 2. The van der Waals surface area contributed by atoms with E-state index in [2.05, 4.69) is 10.6 Å². The lowest BCUT2D eigenvalue weighted by Crippen LogP contribution is -2.53. The molecule has 9 heteroatoms. The number of carboxylic acids is 1. The molecule has 0 aromatic heterocycles. The molecule has 0 saturated heterocycles. The van der Waals surface area contributed by atoms with Crippen molar-refractivity contribution in [1.29, 1.82) is 0 Å². The quantitative estimate of drug-likeness (QED) is 0.455. The van der Waals surface area contributed by atoms with Crippen LogP contribution < -0.4 is 15.4 Å². The SMILES string of the molecule is COc1ccccc1C[C@@H](NC(=O)[C@H](CO)NC(=O)OCc1ccccc1)C(=O)O. The van der Waals surface area contributed by atoms with Crippen LogP contribution in [0.3, 0.4) is 0 Å². The Bertz CT molecular complexity index is 857. The summed E-state index contributed by atoms with van der Waals surface area (Å²) < 4.78 is 10.2. The second-order valence-electron chi connectivity index (χ2n) is 6.36. The Balaban J connectivity index is 1.95. The summed E-state index contributed by atoms with van der Waals surface area (Å²) in [6.07, 6.45) is -0.952. The summed E-state index contributed by atoms with van der Waals surface area (Å²) in [5.74, 6) is -1.63. The number of hydrogen-bond acceptors (Lipinski definition) is 6. The van der Waals surface area contributed by atoms with E-state index in [0.29, 0.717) is 11.3 Å². The van der Waals surface area contributed by atoms with Crippen LogP contribution in [-0.4, -0.2) is 54.0 Å². The number of aliphatic hydroxyl groups excluding tert-OH is 1. The van der Waals surface area contributed by atoms with Crippen LogP contribution in [0.25, 0.3) is 0 Å². The second-order valence-corrected chi connectivity index (χ2v) is 6.36. The Morgan fingerprint density at radius 1 is 0.967 bits per heavy atom. The van der Waals surface area contributed by atoms with Gasteiger partial charge in [-0.2, -0.15) is 0 Å². The van der Waals surface area contributed by atoms with Crippen LogP contribution in [0, 0.1) is 0 Å². The van der Waals surface area contributed by atoms with Crippen molar-refractivity contribution in [2.75, 3.05) is 13.7 Å². The molecule has 2 amide bonds. The number of para-hydroxylation sites is 1. The van der Waals surface area contributed by atoms with Gasteiger partial charge >= 0.3 is 12.1 Å². The average molecular weight is 416 g/mol. The van der Waals surface area contributed by atoms with E-state index in [4.69, 9.17) is 9.47 Å². The van der Waals surface area contributed by atoms with Crippen LogP contribution in [0.15, 0.2) is 54.6 Å². The minimum Gasteiger partial charge on any atom is -0.496 e. The lowest BCUT2D eigenvalue weighted by atomic mass is 10.0. The number of benzene rings is 2. The van der Waals surface area contributed by atoms with Gasteiger partial charge in [0, 0.05) is 6.42 Å². The molecular weight excluding hydrogens is 392 g/mol. The number of carbonyl (C=O) groups is 3. The van der Waals surface area contributed by atoms with Crippen molar-refractivity contribution in [3.05, 3.63) is 65.7 Å². The van der Waals surface area contributed by atoms with Gasteiger partial charge in [-0.3, -0.25) is 4.79 Å². The Hall–Kier alpha value is -3.59. The highest BCUT2D eigenvalue weighted by Gasteiger charge is 2.27. The largest absolute Gasteiger partial charge is 0.496 e. The number of aliphatic hydroxyl groups is 1. The van der Waals surface area contributed by atoms with Gasteiger partial charge in [-0.25, -0.2) is 9.59 Å². The third-order valence-electron chi connectivity index (χ3n) is 4.24. The van der Waals surface area contributed by atoms with Gasteiger partial charge in [0.15, 0.2) is 0 Å². The van der Waals surface area contributed by atoms with Gasteiger partial charge in [0.05, 0.1) is 13.7 Å². The molecule has 0 bridgehead atoms. The van der Waals surface area contributed by atoms with E-state index in [1.807, 2.05) is 6.07 Å². The predicted octanol–water partition coefficient (Wildman–Crippen LogP) is 1.09. The van der Waals surface area contributed by atoms with Crippen molar-refractivity contribution in [3.8, 4) is 5.75 Å². The highest BCUT2D eigenvalue weighted by Crippen LogP contribution is 2.19. The van der Waals surface area contributed by atoms with Gasteiger partial charge in [0.1, 0.15) is 24.4 Å². The molecule has 0 radical (unpaired) electrons. The van der Waals surface area contributed by atoms with Crippen LogP contribution in [0.2, 0.25) is 0 Å². The number of nitrogens with one attached hydrogen (secondary N) is 2. The molecule has 30 heavy (non-hydrogen) atoms. The average Bonchev–Trinajstić information content (AvgIpc) is 2.76. The summed E-state index contributed by atoms with van der Waals surface area (Å²) in [4.78, 5) is 35.9. The maximum Gasteiger partial charge on any atom is 0.408 e. The van der Waals surface area contributed by atoms with Crippen molar-refractivity contribution in [1.82, 2.24) is 10.6 Å². The molecule has 0 heterocycles. The molecule has 2 atom stereocenters. The van der Waals surface area contributed by atoms with Gasteiger partial charge in [-0.15, -0.1) is 0 Å². The van der Waals surface area contributed by atoms with Gasteiger partial charge in [-0.05, 0) is 17.2 Å². The molecule has 9 nitrogen and oxygen atoms in total. The lowest BCUT2D eigenvalue weighted by molar-refractivity contribution is -0.142. The Labute approximate surface area is 173 Å². The van der Waals surface area contributed by atoms with Crippen molar-refractivity contribution in [3.63, 3.8) is 0 Å². The van der Waals surface area contributed by atoms with Crippen LogP contribution in [0.1, 0.15) is 11.1 Å². The Kier molecular flexibility index (Phi) is 8.64. The maximum absolute atomic E-state index is 12.4. The molecule has 0 fully saturated rings. The van der Waals surface area contributed by atoms with E-state index in [1.165, 1.54) is 7.11 Å². The number of amides is 2. The molecule has 2 aromatic rings. The first-order valence-corrected chi connectivity index (χ1v) is 9.17. The lowest BCUT2D eigenvalue weighted by Gasteiger charge is -2.20. The van der Waals surface area contributed by atoms with Crippen molar-refractivity contribution >= 4 is 18.0 Å². The van der Waals surface area contributed by atoms with Gasteiger partial charge in [0.2, 0.25) is 5.91 Å². The highest BCUT2D eigenvalue weighted by atomic mass is 16.5. The first-order chi connectivity index (χ1) is 14.4. The Morgan fingerprint density at radius 3 is 2.27 bits per heavy atom. The number of carbonyl (C=O) groups excluding carboxylic acids is 2. The molecule has 2 aromatic carbocycles. The number of alkyl carbamates (subject to hydrolysis) is 1. The fourth-order valence-corrected chi connectivity index (χ4v) is 2.67. The van der Waals surface area contributed by atoms with Crippen LogP contribution >= 0.6 is 0 Å². The predicted molar refractivity (Wildman–Crippen MR) is 107 cm³/mol. The molecule has 0 aliphatic carbocycles. The third-order valence-corrected chi connectivity index (χ3v) is 4.24. The zero-order chi connectivity index (χ0) is 21.9. The van der Waals surface area contributed by atoms with E-state index in [1.54, 1.807) is 48.5 Å². The van der Waals surface area contributed by atoms with Crippen molar-refractivity contribution in [2.24, 2.45) is 0 Å². The fraction of sp³-hybridized carbons (Fsp3) is 0.286. The topological polar surface area (TPSA) is 134 Å². The molecule has 0 spiro atoms. The zero-order valence-corrected chi connectivity index (χ0v) is 16.4. The number of methoxy groups -OCH3 is 1. The molecule has 2 rings (SSSR count). The first kappa shape index (κ1) is 22.7. The molecule has 0 saturated carbocycles. The Morgan fingerprint density at radius 2 is 1.63 bits per heavy atom. The van der Waals surface area contributed by atoms with E-state index in [-0.39, 0.29) is 13.0 Å². The van der Waals surface area contributed by atoms with E-state index in [9.17, 15) is 24.6 Å². The zero-order valence-electron chi connectivity index (χ0n) is 16.4. The molecule has 0 aliphatic rings. The maximum atomic E-state index is 12.4. The minimum atomic E-state index is -1.37. The monoisotopic (exact) mass is 416 g/mol. The molecule has 0 unspecified atom stereocenters. The van der Waals surface area contributed by atoms with E-state index < -0.39 is 36.7 Å². The van der Waals surface area contributed by atoms with Crippen LogP contribution in [0.4, 0.5) is 4.79 Å². The normalized spacial score (nSPS) is 12.3. The summed E-state index contributed by atoms with van der Waals surface area (Å²) >= 11 is 0. The molecule has 160 valence electrons. The minimum absolute atomic E-state index is 0.0159. The summed E-state index contributed by atoms with van der Waals surface area (Å²) in [5.41, 5.74) is 1.34. The number of aliphatic carboxylic acids is 1. The standard InChI is InChI=1S/C21H24N2O7/c1-29-18-10-6-5-9-15(18)11-16(20(26)27)22-19(25)17(12-24)23-21(28)30-13-14-7-3-2-4-8-14/h2-10,16-17,24H,11-13H2,1H3,(H,22,25)(H,23,28)(H,26,27)/t16-,17+/m1/s1. The highest BCUT2D eigenvalue weighted by molar-refractivity contribution is 5.89. The van der Waals surface area contributed by atoms with Gasteiger partial charge in [0.25, 0.3) is 0 Å². The van der Waals surface area contributed by atoms with Gasteiger partial charge < -0.3 is 30.3 Å². The summed E-state index contributed by atoms with van der Waals surface area (Å²) in [6, 6.07) is 13.1. The molecule has 0 aliphatic heterocycles. The summed E-state index contributed by atoms with van der Waals surface area (Å²) in [6.45, 7) is -0.745. The molecular formula is C21H24N2O7. The number of rotatable bonds is 10.